The molecule has 2 bridgehead atoms. The fourth-order valence-electron chi connectivity index (χ4n) is 5.16. The van der Waals surface area contributed by atoms with Gasteiger partial charge in [-0.05, 0) is 82.4 Å². The quantitative estimate of drug-likeness (QED) is 0.597. The Morgan fingerprint density at radius 3 is 2.62 bits per heavy atom. The van der Waals surface area contributed by atoms with Crippen molar-refractivity contribution in [2.24, 2.45) is 11.8 Å². The summed E-state index contributed by atoms with van der Waals surface area (Å²) in [4.78, 5) is 12.6. The van der Waals surface area contributed by atoms with Crippen molar-refractivity contribution in [3.63, 3.8) is 0 Å². The van der Waals surface area contributed by atoms with Crippen LogP contribution in [-0.4, -0.2) is 38.3 Å². The summed E-state index contributed by atoms with van der Waals surface area (Å²) in [5.41, 5.74) is -2.57. The van der Waals surface area contributed by atoms with Gasteiger partial charge in [-0.3, -0.25) is 4.79 Å². The van der Waals surface area contributed by atoms with Crippen LogP contribution >= 0.6 is 0 Å². The molecule has 1 amide bonds. The normalized spacial score (nSPS) is 26.1. The van der Waals surface area contributed by atoms with E-state index in [2.05, 4.69) is 10.0 Å². The van der Waals surface area contributed by atoms with Crippen LogP contribution in [0.1, 0.15) is 57.9 Å². The Kier molecular flexibility index (Phi) is 6.87. The van der Waals surface area contributed by atoms with E-state index in [0.29, 0.717) is 24.8 Å². The molecular formula is C22H31F3N2O4S. The number of carbonyl (C=O) groups excluding carboxylic acids is 1. The van der Waals surface area contributed by atoms with E-state index in [1.165, 1.54) is 32.2 Å². The average molecular weight is 477 g/mol. The number of benzene rings is 1. The van der Waals surface area contributed by atoms with E-state index in [-0.39, 0.29) is 11.3 Å². The Morgan fingerprint density at radius 2 is 1.97 bits per heavy atom. The van der Waals surface area contributed by atoms with Crippen LogP contribution in [0, 0.1) is 11.8 Å². The summed E-state index contributed by atoms with van der Waals surface area (Å²) < 4.78 is 70.7. The summed E-state index contributed by atoms with van der Waals surface area (Å²) in [6.07, 6.45) is 1.86. The first-order valence-corrected chi connectivity index (χ1v) is 12.7. The van der Waals surface area contributed by atoms with Crippen molar-refractivity contribution in [3.8, 4) is 5.75 Å². The number of sulfonamides is 1. The van der Waals surface area contributed by atoms with Crippen LogP contribution in [0.25, 0.3) is 0 Å². The van der Waals surface area contributed by atoms with Gasteiger partial charge in [0.2, 0.25) is 10.0 Å². The molecule has 10 heteroatoms. The molecule has 0 spiro atoms. The van der Waals surface area contributed by atoms with Crippen LogP contribution in [-0.2, 0) is 21.0 Å². The van der Waals surface area contributed by atoms with E-state index in [4.69, 9.17) is 4.74 Å². The lowest BCUT2D eigenvalue weighted by Gasteiger charge is -2.38. The van der Waals surface area contributed by atoms with Gasteiger partial charge >= 0.3 is 6.18 Å². The number of hydrogen-bond donors (Lipinski definition) is 2. The molecule has 0 aromatic heterocycles. The fourth-order valence-corrected chi connectivity index (χ4v) is 6.21. The molecule has 1 unspecified atom stereocenters. The minimum Gasteiger partial charge on any atom is -0.478 e. The van der Waals surface area contributed by atoms with Crippen molar-refractivity contribution in [3.05, 3.63) is 29.8 Å². The molecule has 180 valence electrons. The second-order valence-electron chi connectivity index (χ2n) is 9.75. The molecule has 1 aromatic rings. The Morgan fingerprint density at radius 1 is 1.25 bits per heavy atom. The first kappa shape index (κ1) is 24.8. The van der Waals surface area contributed by atoms with Gasteiger partial charge in [-0.2, -0.15) is 13.2 Å². The lowest BCUT2D eigenvalue weighted by Crippen LogP contribution is -2.50. The van der Waals surface area contributed by atoms with E-state index in [1.807, 2.05) is 0 Å². The summed E-state index contributed by atoms with van der Waals surface area (Å²) in [5, 5.41) is 2.82. The minimum atomic E-state index is -4.49. The summed E-state index contributed by atoms with van der Waals surface area (Å²) in [6.45, 7) is 3.41. The Bertz CT molecular complexity index is 949. The molecule has 2 aliphatic rings. The number of carbonyl (C=O) groups is 1. The molecule has 32 heavy (non-hydrogen) atoms. The maximum absolute atomic E-state index is 12.9. The molecule has 0 radical (unpaired) electrons. The van der Waals surface area contributed by atoms with Crippen molar-refractivity contribution in [1.29, 1.82) is 0 Å². The summed E-state index contributed by atoms with van der Waals surface area (Å²) >= 11 is 0. The molecule has 0 heterocycles. The van der Waals surface area contributed by atoms with E-state index in [0.717, 1.165) is 44.2 Å². The second-order valence-corrected chi connectivity index (χ2v) is 11.5. The van der Waals surface area contributed by atoms with Gasteiger partial charge in [-0.1, -0.05) is 6.07 Å². The SMILES string of the molecule is CC(C)(Oc1cccc(C(F)(F)F)c1)C(=O)NCCC1C[C@@H]2CC[C@@](NS(C)(=O)=O)(C1)C2. The lowest BCUT2D eigenvalue weighted by molar-refractivity contribution is -0.137. The number of nitrogens with one attached hydrogen (secondary N) is 2. The molecule has 3 rings (SSSR count). The van der Waals surface area contributed by atoms with Gasteiger partial charge < -0.3 is 10.1 Å². The van der Waals surface area contributed by atoms with Crippen molar-refractivity contribution >= 4 is 15.9 Å². The largest absolute Gasteiger partial charge is 0.478 e. The van der Waals surface area contributed by atoms with E-state index >= 15 is 0 Å². The number of ether oxygens (including phenoxy) is 1. The van der Waals surface area contributed by atoms with Crippen molar-refractivity contribution in [2.75, 3.05) is 12.8 Å². The highest BCUT2D eigenvalue weighted by atomic mass is 32.2. The van der Waals surface area contributed by atoms with Gasteiger partial charge in [0, 0.05) is 12.1 Å². The molecule has 0 aliphatic heterocycles. The van der Waals surface area contributed by atoms with Crippen molar-refractivity contribution in [1.82, 2.24) is 10.0 Å². The third kappa shape index (κ3) is 6.37. The molecule has 1 aromatic carbocycles. The molecule has 6 nitrogen and oxygen atoms in total. The third-order valence-corrected chi connectivity index (χ3v) is 7.18. The maximum atomic E-state index is 12.9. The molecule has 2 N–H and O–H groups in total. The number of amides is 1. The van der Waals surface area contributed by atoms with Gasteiger partial charge in [0.1, 0.15) is 5.75 Å². The van der Waals surface area contributed by atoms with Crippen molar-refractivity contribution in [2.45, 2.75) is 69.7 Å². The van der Waals surface area contributed by atoms with Crippen LogP contribution < -0.4 is 14.8 Å². The summed E-state index contributed by atoms with van der Waals surface area (Å²) in [7, 11) is -3.29. The topological polar surface area (TPSA) is 84.5 Å². The molecule has 2 fully saturated rings. The molecule has 2 saturated carbocycles. The van der Waals surface area contributed by atoms with Gasteiger partial charge in [0.25, 0.3) is 5.91 Å². The average Bonchev–Trinajstić information content (AvgIpc) is 2.93. The van der Waals surface area contributed by atoms with Crippen LogP contribution in [0.15, 0.2) is 24.3 Å². The highest BCUT2D eigenvalue weighted by molar-refractivity contribution is 7.88. The standard InChI is InChI=1S/C22H31F3N2O4S/c1-20(2,31-18-6-4-5-17(12-18)22(23,24)25)19(28)26-10-8-16-11-15-7-9-21(13-15,14-16)27-32(3,29)30/h4-6,12,15-16,27H,7-11,13-14H2,1-3H3,(H,26,28)/t15-,16?,21-/m0/s1. The molecule has 2 aliphatic carbocycles. The zero-order valence-electron chi connectivity index (χ0n) is 18.6. The number of halogens is 3. The summed E-state index contributed by atoms with van der Waals surface area (Å²) in [6, 6.07) is 4.45. The molecular weight excluding hydrogens is 445 g/mol. The smallest absolute Gasteiger partial charge is 0.416 e. The number of rotatable bonds is 8. The number of fused-ring (bicyclic) bond motifs is 2. The summed E-state index contributed by atoms with van der Waals surface area (Å²) in [5.74, 6) is 0.327. The highest BCUT2D eigenvalue weighted by Crippen LogP contribution is 2.48. The van der Waals surface area contributed by atoms with Gasteiger partial charge in [0.05, 0.1) is 11.8 Å². The van der Waals surface area contributed by atoms with Gasteiger partial charge in [-0.15, -0.1) is 0 Å². The van der Waals surface area contributed by atoms with Crippen LogP contribution in [0.5, 0.6) is 5.75 Å². The van der Waals surface area contributed by atoms with Gasteiger partial charge in [-0.25, -0.2) is 13.1 Å². The van der Waals surface area contributed by atoms with Crippen molar-refractivity contribution < 1.29 is 31.1 Å². The zero-order chi connectivity index (χ0) is 23.8. The Balaban J connectivity index is 1.53. The monoisotopic (exact) mass is 476 g/mol. The van der Waals surface area contributed by atoms with E-state index in [1.54, 1.807) is 0 Å². The van der Waals surface area contributed by atoms with Crippen LogP contribution in [0.2, 0.25) is 0 Å². The van der Waals surface area contributed by atoms with Gasteiger partial charge in [0.15, 0.2) is 5.60 Å². The highest BCUT2D eigenvalue weighted by Gasteiger charge is 2.46. The molecule has 0 saturated heterocycles. The first-order valence-electron chi connectivity index (χ1n) is 10.8. The third-order valence-electron chi connectivity index (χ3n) is 6.38. The number of alkyl halides is 3. The molecule has 3 atom stereocenters. The van der Waals surface area contributed by atoms with Crippen LogP contribution in [0.3, 0.4) is 0 Å². The number of hydrogen-bond acceptors (Lipinski definition) is 4. The first-order chi connectivity index (χ1) is 14.7. The van der Waals surface area contributed by atoms with Crippen LogP contribution in [0.4, 0.5) is 13.2 Å². The predicted octanol–water partition coefficient (Wildman–Crippen LogP) is 3.87. The fraction of sp³-hybridized carbons (Fsp3) is 0.682. The Hall–Kier alpha value is -1.81. The van der Waals surface area contributed by atoms with E-state index in [9.17, 15) is 26.4 Å². The zero-order valence-corrected chi connectivity index (χ0v) is 19.4. The predicted molar refractivity (Wildman–Crippen MR) is 115 cm³/mol. The maximum Gasteiger partial charge on any atom is 0.416 e. The Labute approximate surface area is 187 Å². The minimum absolute atomic E-state index is 0.0300. The second kappa shape index (κ2) is 8.85. The van der Waals surface area contributed by atoms with E-state index < -0.39 is 33.3 Å². The lowest BCUT2D eigenvalue weighted by atomic mass is 9.75.